The van der Waals surface area contributed by atoms with Gasteiger partial charge in [0.1, 0.15) is 5.82 Å². The Morgan fingerprint density at radius 3 is 2.52 bits per heavy atom. The summed E-state index contributed by atoms with van der Waals surface area (Å²) in [7, 11) is 0. The SMILES string of the molecule is CC(C)c1noc(-c2ccccc2C(=O)Nc2ccc(N3C[C@@H](C)O[C@H](C)C3)nc2)n1. The van der Waals surface area contributed by atoms with Gasteiger partial charge in [0.25, 0.3) is 11.8 Å². The van der Waals surface area contributed by atoms with E-state index in [1.54, 1.807) is 24.4 Å². The van der Waals surface area contributed by atoms with Crippen LogP contribution in [0.25, 0.3) is 11.5 Å². The minimum Gasteiger partial charge on any atom is -0.372 e. The minimum atomic E-state index is -0.261. The summed E-state index contributed by atoms with van der Waals surface area (Å²) >= 11 is 0. The van der Waals surface area contributed by atoms with Gasteiger partial charge in [-0.25, -0.2) is 4.98 Å². The first-order chi connectivity index (χ1) is 14.9. The fraction of sp³-hybridized carbons (Fsp3) is 0.391. The second-order valence-corrected chi connectivity index (χ2v) is 8.18. The smallest absolute Gasteiger partial charge is 0.258 e. The number of nitrogens with one attached hydrogen (secondary N) is 1. The van der Waals surface area contributed by atoms with E-state index in [1.807, 2.05) is 32.0 Å². The van der Waals surface area contributed by atoms with E-state index in [9.17, 15) is 4.79 Å². The van der Waals surface area contributed by atoms with Gasteiger partial charge in [-0.15, -0.1) is 0 Å². The standard InChI is InChI=1S/C23H27N5O3/c1-14(2)21-26-23(31-27-21)19-8-6-5-7-18(19)22(29)25-17-9-10-20(24-11-17)28-12-15(3)30-16(4)13-28/h5-11,14-16H,12-13H2,1-4H3,(H,25,29)/t15-,16-/m1/s1. The number of nitrogens with zero attached hydrogens (tertiary/aromatic N) is 4. The summed E-state index contributed by atoms with van der Waals surface area (Å²) in [6.07, 6.45) is 1.98. The summed E-state index contributed by atoms with van der Waals surface area (Å²) < 4.78 is 11.2. The Hall–Kier alpha value is -3.26. The largest absolute Gasteiger partial charge is 0.372 e. The molecule has 162 valence electrons. The van der Waals surface area contributed by atoms with Crippen LogP contribution in [0.3, 0.4) is 0 Å². The van der Waals surface area contributed by atoms with Crippen LogP contribution in [0.4, 0.5) is 11.5 Å². The number of pyridine rings is 1. The van der Waals surface area contributed by atoms with Gasteiger partial charge in [0, 0.05) is 19.0 Å². The first-order valence-electron chi connectivity index (χ1n) is 10.5. The fourth-order valence-corrected chi connectivity index (χ4v) is 3.66. The topological polar surface area (TPSA) is 93.4 Å². The summed E-state index contributed by atoms with van der Waals surface area (Å²) in [5.74, 6) is 1.69. The summed E-state index contributed by atoms with van der Waals surface area (Å²) in [4.78, 5) is 24.1. The number of hydrogen-bond acceptors (Lipinski definition) is 7. The van der Waals surface area contributed by atoms with Crippen molar-refractivity contribution in [3.8, 4) is 11.5 Å². The zero-order valence-electron chi connectivity index (χ0n) is 18.2. The molecule has 1 aliphatic rings. The van der Waals surface area contributed by atoms with E-state index in [1.165, 1.54) is 0 Å². The molecule has 2 aromatic heterocycles. The van der Waals surface area contributed by atoms with Crippen molar-refractivity contribution in [1.82, 2.24) is 15.1 Å². The van der Waals surface area contributed by atoms with Crippen LogP contribution in [0.15, 0.2) is 47.1 Å². The molecular formula is C23H27N5O3. The number of ether oxygens (including phenoxy) is 1. The van der Waals surface area contributed by atoms with Crippen molar-refractivity contribution in [2.45, 2.75) is 45.8 Å². The number of carbonyl (C=O) groups is 1. The van der Waals surface area contributed by atoms with Gasteiger partial charge in [0.15, 0.2) is 5.82 Å². The summed E-state index contributed by atoms with van der Waals surface area (Å²) in [6, 6.07) is 11.0. The van der Waals surface area contributed by atoms with Gasteiger partial charge in [0.2, 0.25) is 0 Å². The van der Waals surface area contributed by atoms with Crippen LogP contribution in [0.5, 0.6) is 0 Å². The van der Waals surface area contributed by atoms with Gasteiger partial charge in [-0.05, 0) is 38.1 Å². The number of morpholine rings is 1. The van der Waals surface area contributed by atoms with Crippen LogP contribution in [0, 0.1) is 0 Å². The quantitative estimate of drug-likeness (QED) is 0.662. The van der Waals surface area contributed by atoms with Crippen LogP contribution in [0.2, 0.25) is 0 Å². The van der Waals surface area contributed by atoms with Gasteiger partial charge in [-0.2, -0.15) is 4.98 Å². The Balaban J connectivity index is 1.50. The Labute approximate surface area is 181 Å². The molecule has 1 aliphatic heterocycles. The highest BCUT2D eigenvalue weighted by Crippen LogP contribution is 2.25. The van der Waals surface area contributed by atoms with Crippen LogP contribution < -0.4 is 10.2 Å². The van der Waals surface area contributed by atoms with E-state index >= 15 is 0 Å². The molecular weight excluding hydrogens is 394 g/mol. The van der Waals surface area contributed by atoms with Crippen LogP contribution in [0.1, 0.15) is 49.8 Å². The lowest BCUT2D eigenvalue weighted by atomic mass is 10.1. The number of anilines is 2. The van der Waals surface area contributed by atoms with Gasteiger partial charge in [-0.3, -0.25) is 4.79 Å². The number of carbonyl (C=O) groups excluding carboxylic acids is 1. The van der Waals surface area contributed by atoms with Crippen molar-refractivity contribution in [3.63, 3.8) is 0 Å². The van der Waals surface area contributed by atoms with Crippen molar-refractivity contribution in [2.75, 3.05) is 23.3 Å². The van der Waals surface area contributed by atoms with E-state index in [0.29, 0.717) is 28.5 Å². The zero-order valence-corrected chi connectivity index (χ0v) is 18.2. The molecule has 2 atom stereocenters. The Morgan fingerprint density at radius 1 is 1.13 bits per heavy atom. The molecule has 0 spiro atoms. The molecule has 1 aromatic carbocycles. The van der Waals surface area contributed by atoms with E-state index in [-0.39, 0.29) is 24.0 Å². The van der Waals surface area contributed by atoms with E-state index in [4.69, 9.17) is 9.26 Å². The van der Waals surface area contributed by atoms with Gasteiger partial charge < -0.3 is 19.5 Å². The maximum absolute atomic E-state index is 13.0. The third-order valence-electron chi connectivity index (χ3n) is 5.11. The first-order valence-corrected chi connectivity index (χ1v) is 10.5. The molecule has 0 saturated carbocycles. The maximum atomic E-state index is 13.0. The lowest BCUT2D eigenvalue weighted by molar-refractivity contribution is -0.00545. The molecule has 0 aliphatic carbocycles. The van der Waals surface area contributed by atoms with E-state index in [0.717, 1.165) is 18.9 Å². The van der Waals surface area contributed by atoms with E-state index in [2.05, 4.69) is 39.2 Å². The Morgan fingerprint density at radius 2 is 1.87 bits per heavy atom. The average molecular weight is 422 g/mol. The number of hydrogen-bond donors (Lipinski definition) is 1. The average Bonchev–Trinajstić information content (AvgIpc) is 3.24. The molecule has 3 aromatic rings. The molecule has 1 saturated heterocycles. The lowest BCUT2D eigenvalue weighted by Gasteiger charge is -2.36. The van der Waals surface area contributed by atoms with Crippen LogP contribution >= 0.6 is 0 Å². The van der Waals surface area contributed by atoms with Crippen molar-refractivity contribution >= 4 is 17.4 Å². The second-order valence-electron chi connectivity index (χ2n) is 8.18. The van der Waals surface area contributed by atoms with Crippen molar-refractivity contribution in [2.24, 2.45) is 0 Å². The highest BCUT2D eigenvalue weighted by molar-refractivity contribution is 6.08. The van der Waals surface area contributed by atoms with Crippen LogP contribution in [-0.2, 0) is 4.74 Å². The number of amides is 1. The molecule has 0 bridgehead atoms. The lowest BCUT2D eigenvalue weighted by Crippen LogP contribution is -2.45. The maximum Gasteiger partial charge on any atom is 0.258 e. The molecule has 1 amide bonds. The fourth-order valence-electron chi connectivity index (χ4n) is 3.66. The third kappa shape index (κ3) is 4.74. The third-order valence-corrected chi connectivity index (χ3v) is 5.11. The highest BCUT2D eigenvalue weighted by atomic mass is 16.5. The Kier molecular flexibility index (Phi) is 5.99. The zero-order chi connectivity index (χ0) is 22.0. The predicted molar refractivity (Wildman–Crippen MR) is 118 cm³/mol. The Bertz CT molecular complexity index is 1040. The van der Waals surface area contributed by atoms with Crippen molar-refractivity contribution in [3.05, 3.63) is 54.0 Å². The second kappa shape index (κ2) is 8.85. The summed E-state index contributed by atoms with van der Waals surface area (Å²) in [5, 5.41) is 6.91. The number of benzene rings is 1. The monoisotopic (exact) mass is 421 g/mol. The predicted octanol–water partition coefficient (Wildman–Crippen LogP) is 4.12. The van der Waals surface area contributed by atoms with Crippen molar-refractivity contribution in [1.29, 1.82) is 0 Å². The molecule has 31 heavy (non-hydrogen) atoms. The molecule has 0 unspecified atom stereocenters. The molecule has 4 rings (SSSR count). The van der Waals surface area contributed by atoms with Gasteiger partial charge >= 0.3 is 0 Å². The number of rotatable bonds is 5. The molecule has 1 N–H and O–H groups in total. The minimum absolute atomic E-state index is 0.139. The molecule has 0 radical (unpaired) electrons. The molecule has 3 heterocycles. The first kappa shape index (κ1) is 21.0. The normalized spacial score (nSPS) is 18.9. The van der Waals surface area contributed by atoms with Gasteiger partial charge in [0.05, 0.1) is 35.2 Å². The summed E-state index contributed by atoms with van der Waals surface area (Å²) in [6.45, 7) is 9.67. The van der Waals surface area contributed by atoms with Crippen molar-refractivity contribution < 1.29 is 14.1 Å². The van der Waals surface area contributed by atoms with Gasteiger partial charge in [-0.1, -0.05) is 31.1 Å². The summed E-state index contributed by atoms with van der Waals surface area (Å²) in [5.41, 5.74) is 1.67. The number of aromatic nitrogens is 3. The van der Waals surface area contributed by atoms with Crippen LogP contribution in [-0.4, -0.2) is 46.3 Å². The molecule has 1 fully saturated rings. The highest BCUT2D eigenvalue weighted by Gasteiger charge is 2.23. The molecule has 8 nitrogen and oxygen atoms in total. The molecule has 8 heteroatoms. The van der Waals surface area contributed by atoms with E-state index < -0.39 is 0 Å².